The minimum absolute atomic E-state index is 0.0420. The van der Waals surface area contributed by atoms with E-state index in [1.165, 1.54) is 10.8 Å². The summed E-state index contributed by atoms with van der Waals surface area (Å²) >= 11 is 0. The van der Waals surface area contributed by atoms with E-state index in [9.17, 15) is 24.6 Å². The number of ether oxygens (including phenoxy) is 1. The van der Waals surface area contributed by atoms with Crippen molar-refractivity contribution < 1.29 is 19.7 Å². The zero-order chi connectivity index (χ0) is 21.1. The molecule has 4 atom stereocenters. The van der Waals surface area contributed by atoms with E-state index in [-0.39, 0.29) is 6.42 Å². The summed E-state index contributed by atoms with van der Waals surface area (Å²) in [6, 6.07) is 0. The maximum absolute atomic E-state index is 12.3. The summed E-state index contributed by atoms with van der Waals surface area (Å²) < 4.78 is 6.91. The monoisotopic (exact) mass is 396 g/mol. The summed E-state index contributed by atoms with van der Waals surface area (Å²) in [4.78, 5) is 38.9. The molecular weight excluding hydrogens is 364 g/mol. The Labute approximate surface area is 164 Å². The summed E-state index contributed by atoms with van der Waals surface area (Å²) in [7, 11) is 0. The van der Waals surface area contributed by atoms with Crippen LogP contribution in [0.3, 0.4) is 0 Å². The summed E-state index contributed by atoms with van der Waals surface area (Å²) in [6.07, 6.45) is 1.47. The van der Waals surface area contributed by atoms with E-state index in [2.05, 4.69) is 11.9 Å². The molecule has 2 rings (SSSR count). The topological polar surface area (TPSA) is 122 Å². The first-order valence-corrected chi connectivity index (χ1v) is 9.96. The number of unbranched alkanes of at least 4 members (excludes halogenated alkanes) is 3. The van der Waals surface area contributed by atoms with Crippen LogP contribution in [0.5, 0.6) is 0 Å². The van der Waals surface area contributed by atoms with Gasteiger partial charge in [-0.3, -0.25) is 19.1 Å². The van der Waals surface area contributed by atoms with Gasteiger partial charge in [0, 0.05) is 23.6 Å². The fourth-order valence-corrected chi connectivity index (χ4v) is 3.39. The number of aliphatic hydroxyl groups excluding tert-OH is 2. The fourth-order valence-electron chi connectivity index (χ4n) is 3.39. The quantitative estimate of drug-likeness (QED) is 0.569. The first-order valence-electron chi connectivity index (χ1n) is 9.96. The van der Waals surface area contributed by atoms with Crippen molar-refractivity contribution in [3.8, 4) is 0 Å². The Kier molecular flexibility index (Phi) is 7.36. The molecule has 1 aliphatic rings. The summed E-state index contributed by atoms with van der Waals surface area (Å²) in [5.41, 5.74) is -1.38. The molecule has 1 saturated heterocycles. The van der Waals surface area contributed by atoms with E-state index in [0.29, 0.717) is 12.0 Å². The molecular formula is C20H32N2O6. The van der Waals surface area contributed by atoms with Crippen LogP contribution in [0, 0.1) is 5.41 Å². The number of carbonyl (C=O) groups excluding carboxylic acids is 1. The number of nitrogens with one attached hydrogen (secondary N) is 1. The highest BCUT2D eigenvalue weighted by Crippen LogP contribution is 2.32. The van der Waals surface area contributed by atoms with Gasteiger partial charge in [-0.2, -0.15) is 0 Å². The number of hydrogen-bond donors (Lipinski definition) is 3. The zero-order valence-corrected chi connectivity index (χ0v) is 17.1. The lowest BCUT2D eigenvalue weighted by atomic mass is 9.85. The average molecular weight is 396 g/mol. The van der Waals surface area contributed by atoms with Crippen molar-refractivity contribution in [3.05, 3.63) is 32.6 Å². The van der Waals surface area contributed by atoms with Gasteiger partial charge in [0.05, 0.1) is 6.10 Å². The molecule has 8 heteroatoms. The van der Waals surface area contributed by atoms with Crippen LogP contribution >= 0.6 is 0 Å². The number of aliphatic hydroxyl groups is 2. The molecule has 1 aromatic heterocycles. The maximum atomic E-state index is 12.3. The Bertz CT molecular complexity index is 791. The molecule has 0 spiro atoms. The number of aromatic amines is 1. The van der Waals surface area contributed by atoms with Crippen LogP contribution in [-0.2, 0) is 16.0 Å². The number of carbonyl (C=O) groups is 1. The van der Waals surface area contributed by atoms with Gasteiger partial charge in [0.15, 0.2) is 5.78 Å². The molecule has 0 bridgehead atoms. The number of nitrogens with zero attached hydrogens (tertiary/aromatic N) is 1. The van der Waals surface area contributed by atoms with Crippen molar-refractivity contribution in [2.24, 2.45) is 5.41 Å². The van der Waals surface area contributed by atoms with E-state index in [0.717, 1.165) is 25.7 Å². The molecule has 1 unspecified atom stereocenters. The summed E-state index contributed by atoms with van der Waals surface area (Å²) in [5.74, 6) is -0.442. The predicted molar refractivity (Wildman–Crippen MR) is 104 cm³/mol. The minimum atomic E-state index is -1.49. The lowest BCUT2D eigenvalue weighted by Crippen LogP contribution is -2.45. The van der Waals surface area contributed by atoms with Crippen LogP contribution in [0.25, 0.3) is 0 Å². The number of H-pyrrole nitrogens is 1. The molecule has 158 valence electrons. The highest BCUT2D eigenvalue weighted by Gasteiger charge is 2.44. The highest BCUT2D eigenvalue weighted by atomic mass is 16.5. The number of aromatic nitrogens is 2. The van der Waals surface area contributed by atoms with Crippen LogP contribution in [0.2, 0.25) is 0 Å². The second kappa shape index (κ2) is 9.15. The van der Waals surface area contributed by atoms with Gasteiger partial charge in [-0.1, -0.05) is 47.0 Å². The molecule has 0 aliphatic carbocycles. The highest BCUT2D eigenvalue weighted by molar-refractivity contribution is 5.88. The smallest absolute Gasteiger partial charge is 0.330 e. The van der Waals surface area contributed by atoms with Crippen molar-refractivity contribution in [2.75, 3.05) is 0 Å². The van der Waals surface area contributed by atoms with Crippen molar-refractivity contribution >= 4 is 5.78 Å². The zero-order valence-electron chi connectivity index (χ0n) is 17.1. The van der Waals surface area contributed by atoms with Crippen molar-refractivity contribution in [3.63, 3.8) is 0 Å². The Balaban J connectivity index is 2.18. The number of Topliss-reactive ketones (excluding diaryl/α,β-unsaturated/α-hetero) is 1. The van der Waals surface area contributed by atoms with E-state index >= 15 is 0 Å². The molecule has 1 aliphatic heterocycles. The third-order valence-electron chi connectivity index (χ3n) is 5.11. The molecule has 28 heavy (non-hydrogen) atoms. The molecule has 0 saturated carbocycles. The maximum Gasteiger partial charge on any atom is 0.330 e. The Morgan fingerprint density at radius 3 is 2.61 bits per heavy atom. The number of ketones is 1. The number of aryl methyl sites for hydroxylation is 1. The van der Waals surface area contributed by atoms with Crippen molar-refractivity contribution in [1.82, 2.24) is 9.55 Å². The summed E-state index contributed by atoms with van der Waals surface area (Å²) in [5, 5.41) is 20.6. The molecule has 1 aromatic rings. The first kappa shape index (κ1) is 22.5. The number of hydrogen-bond acceptors (Lipinski definition) is 6. The molecule has 8 nitrogen and oxygen atoms in total. The van der Waals surface area contributed by atoms with E-state index < -0.39 is 47.0 Å². The predicted octanol–water partition coefficient (Wildman–Crippen LogP) is 1.28. The standard InChI is InChI=1S/C20H32N2O6/c1-5-6-7-8-9-12-11-22(19(27)21-18(12)26)14-10-13(23)16(28-14)15(24)17(25)20(2,3)4/h11,13-16,23-24H,5-10H2,1-4H3,(H,21,26,27)/t13-,14+,15?,16-/m0/s1. The van der Waals surface area contributed by atoms with E-state index in [1.54, 1.807) is 20.8 Å². The largest absolute Gasteiger partial charge is 0.390 e. The van der Waals surface area contributed by atoms with Crippen molar-refractivity contribution in [2.45, 2.75) is 90.8 Å². The van der Waals surface area contributed by atoms with Crippen LogP contribution in [-0.4, -0.2) is 43.9 Å². The lowest BCUT2D eigenvalue weighted by Gasteiger charge is -2.26. The molecule has 3 N–H and O–H groups in total. The van der Waals surface area contributed by atoms with Gasteiger partial charge in [-0.25, -0.2) is 4.79 Å². The molecule has 1 fully saturated rings. The Hall–Kier alpha value is -1.77. The molecule has 2 heterocycles. The molecule has 0 radical (unpaired) electrons. The fraction of sp³-hybridized carbons (Fsp3) is 0.750. The van der Waals surface area contributed by atoms with Crippen LogP contribution < -0.4 is 11.2 Å². The normalized spacial score (nSPS) is 23.7. The molecule has 0 aromatic carbocycles. The molecule has 0 amide bonds. The Morgan fingerprint density at radius 2 is 2.00 bits per heavy atom. The third-order valence-corrected chi connectivity index (χ3v) is 5.11. The van der Waals surface area contributed by atoms with Gasteiger partial charge in [0.1, 0.15) is 18.4 Å². The van der Waals surface area contributed by atoms with Crippen LogP contribution in [0.1, 0.15) is 71.6 Å². The third kappa shape index (κ3) is 5.18. The first-order chi connectivity index (χ1) is 13.1. The van der Waals surface area contributed by atoms with E-state index in [4.69, 9.17) is 4.74 Å². The van der Waals surface area contributed by atoms with Gasteiger partial charge in [0.25, 0.3) is 5.56 Å². The van der Waals surface area contributed by atoms with Gasteiger partial charge in [-0.05, 0) is 12.8 Å². The van der Waals surface area contributed by atoms with Crippen LogP contribution in [0.15, 0.2) is 15.8 Å². The second-order valence-electron chi connectivity index (χ2n) is 8.55. The Morgan fingerprint density at radius 1 is 1.32 bits per heavy atom. The van der Waals surface area contributed by atoms with Crippen molar-refractivity contribution in [1.29, 1.82) is 0 Å². The minimum Gasteiger partial charge on any atom is -0.390 e. The lowest BCUT2D eigenvalue weighted by molar-refractivity contribution is -0.148. The van der Waals surface area contributed by atoms with Gasteiger partial charge >= 0.3 is 5.69 Å². The average Bonchev–Trinajstić information content (AvgIpc) is 2.99. The number of rotatable bonds is 8. The van der Waals surface area contributed by atoms with Gasteiger partial charge < -0.3 is 14.9 Å². The van der Waals surface area contributed by atoms with Gasteiger partial charge in [-0.15, -0.1) is 0 Å². The summed E-state index contributed by atoms with van der Waals surface area (Å²) in [6.45, 7) is 7.13. The van der Waals surface area contributed by atoms with Gasteiger partial charge in [0.2, 0.25) is 0 Å². The van der Waals surface area contributed by atoms with E-state index in [1.807, 2.05) is 0 Å². The SMILES string of the molecule is CCCCCCc1cn([C@H]2C[C@H](O)[C@@H](C(O)C(=O)C(C)(C)C)O2)c(=O)[nH]c1=O. The van der Waals surface area contributed by atoms with Crippen LogP contribution in [0.4, 0.5) is 0 Å². The second-order valence-corrected chi connectivity index (χ2v) is 8.55.